The largest absolute Gasteiger partial charge is 0.355 e. The van der Waals surface area contributed by atoms with Crippen molar-refractivity contribution < 1.29 is 13.7 Å². The van der Waals surface area contributed by atoms with Crippen LogP contribution in [0.2, 0.25) is 0 Å². The second-order valence-corrected chi connectivity index (χ2v) is 3.12. The van der Waals surface area contributed by atoms with Gasteiger partial charge in [0, 0.05) is 31.3 Å². The molecule has 0 radical (unpaired) electrons. The topological polar surface area (TPSA) is 35.5 Å². The lowest BCUT2D eigenvalue weighted by Gasteiger charge is -2.10. The molecular formula is C5H12O3S. The maximum Gasteiger partial charge on any atom is 0.168 e. The fourth-order valence-corrected chi connectivity index (χ4v) is 1.08. The molecule has 0 aliphatic heterocycles. The third-order valence-corrected chi connectivity index (χ3v) is 1.64. The van der Waals surface area contributed by atoms with Crippen LogP contribution < -0.4 is 0 Å². The molecule has 0 rings (SSSR count). The Bertz CT molecular complexity index is 90.2. The Balaban J connectivity index is 3.43. The van der Waals surface area contributed by atoms with E-state index < -0.39 is 10.8 Å². The third kappa shape index (κ3) is 4.57. The lowest BCUT2D eigenvalue weighted by molar-refractivity contribution is -0.0846. The van der Waals surface area contributed by atoms with Crippen molar-refractivity contribution in [1.29, 1.82) is 0 Å². The Hall–Kier alpha value is 0.0700. The molecule has 0 aromatic carbocycles. The van der Waals surface area contributed by atoms with Gasteiger partial charge in [0.15, 0.2) is 6.29 Å². The summed E-state index contributed by atoms with van der Waals surface area (Å²) in [6.45, 7) is 0. The van der Waals surface area contributed by atoms with Crippen LogP contribution in [-0.2, 0) is 20.3 Å². The third-order valence-electron chi connectivity index (χ3n) is 0.897. The van der Waals surface area contributed by atoms with E-state index in [9.17, 15) is 4.21 Å². The summed E-state index contributed by atoms with van der Waals surface area (Å²) in [5.41, 5.74) is 0. The van der Waals surface area contributed by atoms with E-state index in [2.05, 4.69) is 0 Å². The van der Waals surface area contributed by atoms with Gasteiger partial charge in [-0.15, -0.1) is 0 Å². The van der Waals surface area contributed by atoms with Gasteiger partial charge in [0.05, 0.1) is 5.75 Å². The van der Waals surface area contributed by atoms with Gasteiger partial charge in [0.2, 0.25) is 0 Å². The molecule has 0 unspecified atom stereocenters. The van der Waals surface area contributed by atoms with E-state index in [1.807, 2.05) is 0 Å². The Morgan fingerprint density at radius 1 is 1.44 bits per heavy atom. The second kappa shape index (κ2) is 4.90. The zero-order valence-electron chi connectivity index (χ0n) is 5.92. The van der Waals surface area contributed by atoms with Gasteiger partial charge in [-0.25, -0.2) is 0 Å². The van der Waals surface area contributed by atoms with E-state index in [1.165, 1.54) is 14.2 Å². The maximum absolute atomic E-state index is 10.5. The van der Waals surface area contributed by atoms with E-state index >= 15 is 0 Å². The van der Waals surface area contributed by atoms with E-state index in [1.54, 1.807) is 6.26 Å². The smallest absolute Gasteiger partial charge is 0.168 e. The van der Waals surface area contributed by atoms with Crippen molar-refractivity contribution in [3.8, 4) is 0 Å². The molecule has 3 nitrogen and oxygen atoms in total. The van der Waals surface area contributed by atoms with Gasteiger partial charge in [-0.2, -0.15) is 0 Å². The normalized spacial score (nSPS) is 14.2. The van der Waals surface area contributed by atoms with Gasteiger partial charge in [-0.1, -0.05) is 0 Å². The van der Waals surface area contributed by atoms with Crippen molar-refractivity contribution in [2.45, 2.75) is 6.29 Å². The van der Waals surface area contributed by atoms with Gasteiger partial charge in [0.25, 0.3) is 0 Å². The van der Waals surface area contributed by atoms with E-state index in [-0.39, 0.29) is 6.29 Å². The summed E-state index contributed by atoms with van der Waals surface area (Å²) >= 11 is 0. The highest BCUT2D eigenvalue weighted by Gasteiger charge is 2.05. The van der Waals surface area contributed by atoms with Crippen molar-refractivity contribution >= 4 is 10.8 Å². The molecule has 4 heteroatoms. The lowest BCUT2D eigenvalue weighted by Crippen LogP contribution is -2.20. The monoisotopic (exact) mass is 152 g/mol. The maximum atomic E-state index is 10.5. The molecule has 1 atom stereocenters. The predicted octanol–water partition coefficient (Wildman–Crippen LogP) is -0.0162. The zero-order chi connectivity index (χ0) is 7.28. The van der Waals surface area contributed by atoms with E-state index in [4.69, 9.17) is 9.47 Å². The number of methoxy groups -OCH3 is 2. The van der Waals surface area contributed by atoms with Crippen LogP contribution in [0.25, 0.3) is 0 Å². The SMILES string of the molecule is COC(C[S@](C)=O)OC. The first-order chi connectivity index (χ1) is 4.20. The molecule has 0 saturated carbocycles. The minimum Gasteiger partial charge on any atom is -0.355 e. The molecule has 0 heterocycles. The van der Waals surface area contributed by atoms with Gasteiger partial charge in [0.1, 0.15) is 0 Å². The first-order valence-corrected chi connectivity index (χ1v) is 4.29. The summed E-state index contributed by atoms with van der Waals surface area (Å²) < 4.78 is 20.1. The van der Waals surface area contributed by atoms with Crippen LogP contribution in [0.5, 0.6) is 0 Å². The first-order valence-electron chi connectivity index (χ1n) is 2.56. The Kier molecular flexibility index (Phi) is 4.94. The van der Waals surface area contributed by atoms with Crippen LogP contribution in [0.15, 0.2) is 0 Å². The summed E-state index contributed by atoms with van der Waals surface area (Å²) in [7, 11) is 2.21. The highest BCUT2D eigenvalue weighted by atomic mass is 32.2. The van der Waals surface area contributed by atoms with Gasteiger partial charge >= 0.3 is 0 Å². The number of hydrogen-bond donors (Lipinski definition) is 0. The van der Waals surface area contributed by atoms with E-state index in [0.29, 0.717) is 5.75 Å². The van der Waals surface area contributed by atoms with Crippen LogP contribution in [0, 0.1) is 0 Å². The Morgan fingerprint density at radius 2 is 1.89 bits per heavy atom. The number of ether oxygens (including phenoxy) is 2. The molecule has 0 bridgehead atoms. The Morgan fingerprint density at radius 3 is 2.00 bits per heavy atom. The fraction of sp³-hybridized carbons (Fsp3) is 1.00. The molecule has 0 saturated heterocycles. The molecule has 0 amide bonds. The van der Waals surface area contributed by atoms with Gasteiger partial charge in [-0.3, -0.25) is 4.21 Å². The number of rotatable bonds is 4. The summed E-state index contributed by atoms with van der Waals surface area (Å²) in [5, 5.41) is 0. The van der Waals surface area contributed by atoms with Crippen LogP contribution >= 0.6 is 0 Å². The second-order valence-electron chi connectivity index (χ2n) is 1.64. The van der Waals surface area contributed by atoms with Crippen LogP contribution in [0.1, 0.15) is 0 Å². The average Bonchev–Trinajstić information content (AvgIpc) is 1.82. The number of hydrogen-bond acceptors (Lipinski definition) is 3. The highest BCUT2D eigenvalue weighted by Crippen LogP contribution is 1.91. The molecule has 0 N–H and O–H groups in total. The molecular weight excluding hydrogens is 140 g/mol. The molecule has 0 aliphatic carbocycles. The van der Waals surface area contributed by atoms with Crippen LogP contribution in [-0.4, -0.2) is 36.7 Å². The van der Waals surface area contributed by atoms with Gasteiger partial charge < -0.3 is 9.47 Å². The molecule has 0 aromatic heterocycles. The Labute approximate surface area is 57.8 Å². The molecule has 0 aliphatic rings. The van der Waals surface area contributed by atoms with Crippen molar-refractivity contribution in [2.24, 2.45) is 0 Å². The van der Waals surface area contributed by atoms with Crippen LogP contribution in [0.4, 0.5) is 0 Å². The summed E-state index contributed by atoms with van der Waals surface area (Å²) in [5.74, 6) is 0.438. The summed E-state index contributed by atoms with van der Waals surface area (Å²) in [6, 6.07) is 0. The summed E-state index contributed by atoms with van der Waals surface area (Å²) in [4.78, 5) is 0. The van der Waals surface area contributed by atoms with Crippen molar-refractivity contribution in [1.82, 2.24) is 0 Å². The quantitative estimate of drug-likeness (QED) is 0.531. The van der Waals surface area contributed by atoms with Crippen molar-refractivity contribution in [2.75, 3.05) is 26.2 Å². The molecule has 0 spiro atoms. The molecule has 0 aromatic rings. The average molecular weight is 152 g/mol. The first kappa shape index (κ1) is 9.07. The minimum atomic E-state index is -0.845. The lowest BCUT2D eigenvalue weighted by atomic mass is 10.7. The molecule has 0 fully saturated rings. The van der Waals surface area contributed by atoms with Crippen molar-refractivity contribution in [3.05, 3.63) is 0 Å². The highest BCUT2D eigenvalue weighted by molar-refractivity contribution is 7.84. The standard InChI is InChI=1S/C5H12O3S/c1-7-5(8-2)4-9(3)6/h5H,4H2,1-3H3/t9-/m0/s1. The van der Waals surface area contributed by atoms with E-state index in [0.717, 1.165) is 0 Å². The van der Waals surface area contributed by atoms with Gasteiger partial charge in [-0.05, 0) is 0 Å². The summed E-state index contributed by atoms with van der Waals surface area (Å²) in [6.07, 6.45) is 1.29. The minimum absolute atomic E-state index is 0.323. The van der Waals surface area contributed by atoms with Crippen molar-refractivity contribution in [3.63, 3.8) is 0 Å². The zero-order valence-corrected chi connectivity index (χ0v) is 6.73. The van der Waals surface area contributed by atoms with Crippen LogP contribution in [0.3, 0.4) is 0 Å². The molecule has 56 valence electrons. The molecule has 9 heavy (non-hydrogen) atoms. The fourth-order valence-electron chi connectivity index (χ4n) is 0.424. The predicted molar refractivity (Wildman–Crippen MR) is 36.7 cm³/mol.